The lowest BCUT2D eigenvalue weighted by atomic mass is 10.1. The van der Waals surface area contributed by atoms with Gasteiger partial charge in [0.2, 0.25) is 0 Å². The van der Waals surface area contributed by atoms with Gasteiger partial charge in [-0.25, -0.2) is 9.79 Å². The van der Waals surface area contributed by atoms with Gasteiger partial charge >= 0.3 is 5.97 Å². The van der Waals surface area contributed by atoms with E-state index in [0.29, 0.717) is 5.90 Å². The Balaban J connectivity index is 0. The number of hydrogen-bond donors (Lipinski definition) is 0. The van der Waals surface area contributed by atoms with Crippen molar-refractivity contribution in [1.82, 2.24) is 0 Å². The SMILES string of the molecule is CC.CC.CCC(C)C1=NC(C)(C)C(=O)O1. The third-order valence-corrected chi connectivity index (χ3v) is 2.12. The van der Waals surface area contributed by atoms with Crippen molar-refractivity contribution in [3.05, 3.63) is 0 Å². The number of rotatable bonds is 2. The molecular formula is C13H27NO2. The van der Waals surface area contributed by atoms with Crippen molar-refractivity contribution < 1.29 is 9.53 Å². The van der Waals surface area contributed by atoms with Crippen LogP contribution in [0.1, 0.15) is 61.8 Å². The lowest BCUT2D eigenvalue weighted by molar-refractivity contribution is -0.138. The molecule has 0 N–H and O–H groups in total. The van der Waals surface area contributed by atoms with Crippen molar-refractivity contribution in [2.75, 3.05) is 0 Å². The van der Waals surface area contributed by atoms with E-state index in [1.165, 1.54) is 0 Å². The highest BCUT2D eigenvalue weighted by atomic mass is 16.6. The smallest absolute Gasteiger partial charge is 0.340 e. The highest BCUT2D eigenvalue weighted by molar-refractivity contribution is 6.00. The van der Waals surface area contributed by atoms with Crippen LogP contribution in [0.3, 0.4) is 0 Å². The lowest BCUT2D eigenvalue weighted by Crippen LogP contribution is -2.25. The molecule has 1 aliphatic heterocycles. The number of cyclic esters (lactones) is 1. The Morgan fingerprint density at radius 3 is 1.94 bits per heavy atom. The fraction of sp³-hybridized carbons (Fsp3) is 0.846. The van der Waals surface area contributed by atoms with Crippen molar-refractivity contribution in [3.63, 3.8) is 0 Å². The van der Waals surface area contributed by atoms with Crippen molar-refractivity contribution in [2.24, 2.45) is 10.9 Å². The number of carbonyl (C=O) groups excluding carboxylic acids is 1. The summed E-state index contributed by atoms with van der Waals surface area (Å²) >= 11 is 0. The molecule has 0 aliphatic carbocycles. The molecule has 0 aromatic carbocycles. The maximum absolute atomic E-state index is 11.2. The summed E-state index contributed by atoms with van der Waals surface area (Å²) < 4.78 is 5.04. The van der Waals surface area contributed by atoms with E-state index in [1.54, 1.807) is 13.8 Å². The molecule has 0 aromatic rings. The average Bonchev–Trinajstić information content (AvgIpc) is 2.58. The maximum Gasteiger partial charge on any atom is 0.340 e. The Morgan fingerprint density at radius 2 is 1.69 bits per heavy atom. The standard InChI is InChI=1S/C9H15NO2.2C2H6/c1-5-6(2)7-10-9(3,4)8(11)12-7;2*1-2/h6H,5H2,1-4H3;2*1-2H3. The predicted molar refractivity (Wildman–Crippen MR) is 69.8 cm³/mol. The molecule has 1 aliphatic rings. The molecule has 1 atom stereocenters. The molecule has 1 rings (SSSR count). The quantitative estimate of drug-likeness (QED) is 0.675. The molecule has 0 spiro atoms. The van der Waals surface area contributed by atoms with Crippen LogP contribution in [-0.4, -0.2) is 17.4 Å². The molecule has 3 heteroatoms. The first-order valence-corrected chi connectivity index (χ1v) is 6.29. The minimum Gasteiger partial charge on any atom is -0.410 e. The third kappa shape index (κ3) is 4.77. The summed E-state index contributed by atoms with van der Waals surface area (Å²) in [7, 11) is 0. The van der Waals surface area contributed by atoms with Gasteiger partial charge in [0.25, 0.3) is 0 Å². The number of carbonyl (C=O) groups is 1. The van der Waals surface area contributed by atoms with E-state index in [-0.39, 0.29) is 11.9 Å². The molecule has 96 valence electrons. The lowest BCUT2D eigenvalue weighted by Gasteiger charge is -2.05. The minimum atomic E-state index is -0.668. The highest BCUT2D eigenvalue weighted by Gasteiger charge is 2.37. The Hall–Kier alpha value is -0.860. The number of hydrogen-bond acceptors (Lipinski definition) is 3. The molecule has 0 amide bonds. The van der Waals surface area contributed by atoms with Crippen LogP contribution < -0.4 is 0 Å². The van der Waals surface area contributed by atoms with E-state index in [4.69, 9.17) is 4.74 Å². The van der Waals surface area contributed by atoms with Crippen molar-refractivity contribution in [3.8, 4) is 0 Å². The van der Waals surface area contributed by atoms with Crippen LogP contribution >= 0.6 is 0 Å². The van der Waals surface area contributed by atoms with Gasteiger partial charge in [0.1, 0.15) is 0 Å². The Kier molecular flexibility index (Phi) is 9.11. The van der Waals surface area contributed by atoms with Gasteiger partial charge in [0, 0.05) is 5.92 Å². The van der Waals surface area contributed by atoms with Gasteiger partial charge in [0.15, 0.2) is 11.4 Å². The fourth-order valence-electron chi connectivity index (χ4n) is 0.949. The van der Waals surface area contributed by atoms with Crippen LogP contribution in [0.5, 0.6) is 0 Å². The van der Waals surface area contributed by atoms with Crippen LogP contribution in [-0.2, 0) is 9.53 Å². The number of ether oxygens (including phenoxy) is 1. The Bertz CT molecular complexity index is 232. The minimum absolute atomic E-state index is 0.238. The molecule has 1 unspecified atom stereocenters. The molecule has 3 nitrogen and oxygen atoms in total. The molecule has 0 radical (unpaired) electrons. The van der Waals surface area contributed by atoms with E-state index >= 15 is 0 Å². The monoisotopic (exact) mass is 229 g/mol. The van der Waals surface area contributed by atoms with Gasteiger partial charge in [-0.15, -0.1) is 0 Å². The fourth-order valence-corrected chi connectivity index (χ4v) is 0.949. The second-order valence-corrected chi connectivity index (χ2v) is 3.71. The zero-order chi connectivity index (χ0) is 13.4. The van der Waals surface area contributed by atoms with E-state index in [2.05, 4.69) is 4.99 Å². The van der Waals surface area contributed by atoms with Gasteiger partial charge in [-0.05, 0) is 20.3 Å². The first-order valence-electron chi connectivity index (χ1n) is 6.29. The number of nitrogens with zero attached hydrogens (tertiary/aromatic N) is 1. The summed E-state index contributed by atoms with van der Waals surface area (Å²) in [6.45, 7) is 15.6. The predicted octanol–water partition coefficient (Wildman–Crippen LogP) is 3.82. The average molecular weight is 229 g/mol. The zero-order valence-corrected chi connectivity index (χ0v) is 12.0. The molecule has 0 fully saturated rings. The first kappa shape index (κ1) is 17.5. The molecule has 0 saturated carbocycles. The summed E-state index contributed by atoms with van der Waals surface area (Å²) in [5, 5.41) is 0. The van der Waals surface area contributed by atoms with Crippen LogP contribution in [0, 0.1) is 5.92 Å². The molecular weight excluding hydrogens is 202 g/mol. The van der Waals surface area contributed by atoms with Gasteiger partial charge < -0.3 is 4.74 Å². The molecule has 16 heavy (non-hydrogen) atoms. The molecule has 1 heterocycles. The van der Waals surface area contributed by atoms with Gasteiger partial charge in [-0.3, -0.25) is 0 Å². The van der Waals surface area contributed by atoms with E-state index in [1.807, 2.05) is 41.5 Å². The molecule has 0 aromatic heterocycles. The summed E-state index contributed by atoms with van der Waals surface area (Å²) in [6, 6.07) is 0. The van der Waals surface area contributed by atoms with Gasteiger partial charge in [-0.2, -0.15) is 0 Å². The Labute approximate surface area is 100 Å². The number of esters is 1. The zero-order valence-electron chi connectivity index (χ0n) is 12.0. The topological polar surface area (TPSA) is 38.7 Å². The summed E-state index contributed by atoms with van der Waals surface area (Å²) in [5.41, 5.74) is -0.668. The third-order valence-electron chi connectivity index (χ3n) is 2.12. The van der Waals surface area contributed by atoms with Crippen molar-refractivity contribution in [2.45, 2.75) is 67.3 Å². The largest absolute Gasteiger partial charge is 0.410 e. The second-order valence-electron chi connectivity index (χ2n) is 3.71. The highest BCUT2D eigenvalue weighted by Crippen LogP contribution is 2.22. The van der Waals surface area contributed by atoms with Crippen LogP contribution in [0.2, 0.25) is 0 Å². The van der Waals surface area contributed by atoms with E-state index in [0.717, 1.165) is 6.42 Å². The maximum atomic E-state index is 11.2. The molecule has 0 bridgehead atoms. The van der Waals surface area contributed by atoms with Gasteiger partial charge in [0.05, 0.1) is 0 Å². The summed E-state index contributed by atoms with van der Waals surface area (Å²) in [5.74, 6) is 0.598. The summed E-state index contributed by atoms with van der Waals surface area (Å²) in [4.78, 5) is 15.4. The summed E-state index contributed by atoms with van der Waals surface area (Å²) in [6.07, 6.45) is 0.947. The van der Waals surface area contributed by atoms with Crippen LogP contribution in [0.15, 0.2) is 4.99 Å². The van der Waals surface area contributed by atoms with Crippen LogP contribution in [0.4, 0.5) is 0 Å². The van der Waals surface area contributed by atoms with Crippen molar-refractivity contribution in [1.29, 1.82) is 0 Å². The number of aliphatic imine (C=N–C) groups is 1. The van der Waals surface area contributed by atoms with Crippen molar-refractivity contribution >= 4 is 11.9 Å². The van der Waals surface area contributed by atoms with E-state index < -0.39 is 5.54 Å². The second kappa shape index (κ2) is 8.31. The molecule has 0 saturated heterocycles. The van der Waals surface area contributed by atoms with E-state index in [9.17, 15) is 4.79 Å². The van der Waals surface area contributed by atoms with Gasteiger partial charge in [-0.1, -0.05) is 41.5 Å². The normalized spacial score (nSPS) is 18.2. The van der Waals surface area contributed by atoms with Crippen LogP contribution in [0.25, 0.3) is 0 Å². The Morgan fingerprint density at radius 1 is 1.25 bits per heavy atom. The first-order chi connectivity index (χ1) is 7.47.